The van der Waals surface area contributed by atoms with E-state index in [4.69, 9.17) is 0 Å². The molecule has 0 saturated heterocycles. The van der Waals surface area contributed by atoms with Crippen LogP contribution >= 0.6 is 27.7 Å². The minimum atomic E-state index is -0.410. The molecule has 1 heterocycles. The van der Waals surface area contributed by atoms with Gasteiger partial charge in [0.25, 0.3) is 11.8 Å². The molecule has 1 aromatic heterocycles. The number of aromatic amines is 1. The fourth-order valence-electron chi connectivity index (χ4n) is 1.72. The number of hydrazine groups is 1. The van der Waals surface area contributed by atoms with Crippen LogP contribution in [0.3, 0.4) is 0 Å². The maximum atomic E-state index is 12.1. The van der Waals surface area contributed by atoms with E-state index < -0.39 is 5.91 Å². The highest BCUT2D eigenvalue weighted by molar-refractivity contribution is 9.10. The van der Waals surface area contributed by atoms with Gasteiger partial charge in [-0.3, -0.25) is 20.4 Å². The summed E-state index contributed by atoms with van der Waals surface area (Å²) in [5.74, 6) is -0.755. The van der Waals surface area contributed by atoms with Gasteiger partial charge in [-0.2, -0.15) is 0 Å². The van der Waals surface area contributed by atoms with Gasteiger partial charge in [-0.15, -0.1) is 11.8 Å². The molecule has 1 aromatic carbocycles. The Bertz CT molecular complexity index is 685. The van der Waals surface area contributed by atoms with Gasteiger partial charge in [0.15, 0.2) is 0 Å². The molecular formula is C14H14BrN3O2S. The molecule has 2 amide bonds. The largest absolute Gasteiger partial charge is 0.356 e. The quantitative estimate of drug-likeness (QED) is 0.576. The van der Waals surface area contributed by atoms with Crippen molar-refractivity contribution >= 4 is 39.5 Å². The van der Waals surface area contributed by atoms with Crippen LogP contribution in [-0.2, 0) is 0 Å². The molecule has 0 aliphatic carbocycles. The summed E-state index contributed by atoms with van der Waals surface area (Å²) in [4.78, 5) is 27.7. The predicted octanol–water partition coefficient (Wildman–Crippen LogP) is 2.88. The number of carbonyl (C=O) groups is 2. The third-order valence-electron chi connectivity index (χ3n) is 2.87. The number of thioether (sulfide) groups is 1. The van der Waals surface area contributed by atoms with Crippen LogP contribution in [0.25, 0.3) is 0 Å². The highest BCUT2D eigenvalue weighted by atomic mass is 79.9. The van der Waals surface area contributed by atoms with Crippen LogP contribution in [0.15, 0.2) is 39.8 Å². The molecule has 0 fully saturated rings. The lowest BCUT2D eigenvalue weighted by Gasteiger charge is -2.09. The van der Waals surface area contributed by atoms with E-state index in [1.165, 1.54) is 0 Å². The maximum Gasteiger partial charge on any atom is 0.286 e. The van der Waals surface area contributed by atoms with Gasteiger partial charge in [0, 0.05) is 21.1 Å². The Labute approximate surface area is 135 Å². The Kier molecular flexibility index (Phi) is 5.08. The van der Waals surface area contributed by atoms with E-state index >= 15 is 0 Å². The molecule has 110 valence electrons. The van der Waals surface area contributed by atoms with Crippen molar-refractivity contribution in [3.8, 4) is 0 Å². The number of nitrogens with one attached hydrogen (secondary N) is 3. The zero-order valence-corrected chi connectivity index (χ0v) is 13.9. The molecule has 2 rings (SSSR count). The molecule has 0 unspecified atom stereocenters. The van der Waals surface area contributed by atoms with E-state index in [0.29, 0.717) is 11.3 Å². The third-order valence-corrected chi connectivity index (χ3v) is 4.05. The normalized spacial score (nSPS) is 10.2. The molecule has 7 heteroatoms. The molecule has 3 N–H and O–H groups in total. The van der Waals surface area contributed by atoms with Crippen molar-refractivity contribution in [2.45, 2.75) is 11.8 Å². The van der Waals surface area contributed by atoms with Gasteiger partial charge in [0.2, 0.25) is 0 Å². The Morgan fingerprint density at radius 3 is 2.52 bits per heavy atom. The van der Waals surface area contributed by atoms with E-state index in [9.17, 15) is 9.59 Å². The first-order chi connectivity index (χ1) is 10.0. The van der Waals surface area contributed by atoms with Crippen molar-refractivity contribution in [3.05, 3.63) is 51.8 Å². The number of hydrogen-bond acceptors (Lipinski definition) is 3. The van der Waals surface area contributed by atoms with Gasteiger partial charge in [0.1, 0.15) is 5.69 Å². The maximum absolute atomic E-state index is 12.1. The lowest BCUT2D eigenvalue weighted by molar-refractivity contribution is 0.0844. The lowest BCUT2D eigenvalue weighted by atomic mass is 10.1. The Hall–Kier alpha value is -1.73. The molecule has 5 nitrogen and oxygen atoms in total. The molecular weight excluding hydrogens is 354 g/mol. The molecule has 2 aromatic rings. The first kappa shape index (κ1) is 15.7. The number of hydrogen-bond donors (Lipinski definition) is 3. The number of halogens is 1. The van der Waals surface area contributed by atoms with Gasteiger partial charge in [-0.25, -0.2) is 0 Å². The first-order valence-electron chi connectivity index (χ1n) is 6.10. The van der Waals surface area contributed by atoms with Gasteiger partial charge >= 0.3 is 0 Å². The van der Waals surface area contributed by atoms with Gasteiger partial charge in [-0.05, 0) is 52.9 Å². The lowest BCUT2D eigenvalue weighted by Crippen LogP contribution is -2.42. The van der Waals surface area contributed by atoms with E-state index in [1.54, 1.807) is 30.1 Å². The van der Waals surface area contributed by atoms with Crippen molar-refractivity contribution in [1.82, 2.24) is 15.8 Å². The first-order valence-corrected chi connectivity index (χ1v) is 8.12. The number of carbonyl (C=O) groups excluding carboxylic acids is 2. The Morgan fingerprint density at radius 2 is 1.90 bits per heavy atom. The number of aryl methyl sites for hydroxylation is 1. The van der Waals surface area contributed by atoms with Crippen LogP contribution in [0.2, 0.25) is 0 Å². The van der Waals surface area contributed by atoms with Crippen LogP contribution < -0.4 is 10.9 Å². The van der Waals surface area contributed by atoms with Crippen LogP contribution in [0.1, 0.15) is 26.4 Å². The fourth-order valence-corrected chi connectivity index (χ4v) is 2.50. The van der Waals surface area contributed by atoms with Gasteiger partial charge in [-0.1, -0.05) is 6.07 Å². The topological polar surface area (TPSA) is 74.0 Å². The van der Waals surface area contributed by atoms with Crippen molar-refractivity contribution < 1.29 is 9.59 Å². The summed E-state index contributed by atoms with van der Waals surface area (Å²) >= 11 is 4.80. The minimum Gasteiger partial charge on any atom is -0.356 e. The van der Waals surface area contributed by atoms with Crippen LogP contribution in [0.4, 0.5) is 0 Å². The molecule has 0 spiro atoms. The van der Waals surface area contributed by atoms with Crippen LogP contribution in [0, 0.1) is 6.92 Å². The number of rotatable bonds is 3. The number of amides is 2. The Balaban J connectivity index is 2.03. The minimum absolute atomic E-state index is 0.345. The monoisotopic (exact) mass is 367 g/mol. The summed E-state index contributed by atoms with van der Waals surface area (Å²) in [5, 5.41) is 0. The zero-order chi connectivity index (χ0) is 15.4. The zero-order valence-electron chi connectivity index (χ0n) is 11.5. The molecule has 21 heavy (non-hydrogen) atoms. The Morgan fingerprint density at radius 1 is 1.19 bits per heavy atom. The standard InChI is InChI=1S/C14H14BrN3O2S/c1-8-3-4-10(21-2)6-11(8)13(19)17-18-14(20)12-5-9(15)7-16-12/h3-7,16H,1-2H3,(H,17,19)(H,18,20). The third kappa shape index (κ3) is 3.89. The highest BCUT2D eigenvalue weighted by Crippen LogP contribution is 2.18. The number of aromatic nitrogens is 1. The SMILES string of the molecule is CSc1ccc(C)c(C(=O)NNC(=O)c2cc(Br)c[nH]2)c1. The smallest absolute Gasteiger partial charge is 0.286 e. The summed E-state index contributed by atoms with van der Waals surface area (Å²) in [6.45, 7) is 1.85. The van der Waals surface area contributed by atoms with Crippen molar-refractivity contribution in [1.29, 1.82) is 0 Å². The molecule has 0 aliphatic rings. The average Bonchev–Trinajstić information content (AvgIpc) is 2.91. The fraction of sp³-hybridized carbons (Fsp3) is 0.143. The summed E-state index contributed by atoms with van der Waals surface area (Å²) in [6.07, 6.45) is 3.58. The van der Waals surface area contributed by atoms with E-state index in [1.807, 2.05) is 25.3 Å². The second-order valence-electron chi connectivity index (χ2n) is 4.32. The summed E-state index contributed by atoms with van der Waals surface area (Å²) in [5.41, 5.74) is 6.54. The van der Waals surface area contributed by atoms with Crippen molar-refractivity contribution in [3.63, 3.8) is 0 Å². The van der Waals surface area contributed by atoms with Crippen LogP contribution in [-0.4, -0.2) is 23.1 Å². The molecule has 0 atom stereocenters. The second-order valence-corrected chi connectivity index (χ2v) is 6.12. The molecule has 0 bridgehead atoms. The van der Waals surface area contributed by atoms with Crippen molar-refractivity contribution in [2.75, 3.05) is 6.26 Å². The highest BCUT2D eigenvalue weighted by Gasteiger charge is 2.12. The summed E-state index contributed by atoms with van der Waals surface area (Å²) in [7, 11) is 0. The number of H-pyrrole nitrogens is 1. The number of benzene rings is 1. The van der Waals surface area contributed by atoms with Gasteiger partial charge in [0.05, 0.1) is 0 Å². The van der Waals surface area contributed by atoms with Crippen LogP contribution in [0.5, 0.6) is 0 Å². The van der Waals surface area contributed by atoms with Crippen molar-refractivity contribution in [2.24, 2.45) is 0 Å². The van der Waals surface area contributed by atoms with E-state index in [0.717, 1.165) is 14.9 Å². The molecule has 0 radical (unpaired) electrons. The average molecular weight is 368 g/mol. The van der Waals surface area contributed by atoms with Gasteiger partial charge < -0.3 is 4.98 Å². The van der Waals surface area contributed by atoms with E-state index in [2.05, 4.69) is 31.8 Å². The van der Waals surface area contributed by atoms with E-state index in [-0.39, 0.29) is 5.91 Å². The molecule has 0 saturated carbocycles. The summed E-state index contributed by atoms with van der Waals surface area (Å²) < 4.78 is 0.766. The summed E-state index contributed by atoms with van der Waals surface area (Å²) in [6, 6.07) is 7.25. The molecule has 0 aliphatic heterocycles. The predicted molar refractivity (Wildman–Crippen MR) is 86.4 cm³/mol. The second kappa shape index (κ2) is 6.82.